The van der Waals surface area contributed by atoms with Crippen LogP contribution in [-0.2, 0) is 14.3 Å². The van der Waals surface area contributed by atoms with Crippen molar-refractivity contribution < 1.29 is 37.9 Å². The van der Waals surface area contributed by atoms with E-state index in [1.54, 1.807) is 37.3 Å². The highest BCUT2D eigenvalue weighted by atomic mass is 16.5. The number of Topliss-reactive ketones (excluding diaryl/α,β-unsaturated/α-hetero) is 1. The van der Waals surface area contributed by atoms with Gasteiger partial charge in [0.15, 0.2) is 18.0 Å². The van der Waals surface area contributed by atoms with Gasteiger partial charge >= 0.3 is 11.9 Å². The largest absolute Gasteiger partial charge is 0.501 e. The van der Waals surface area contributed by atoms with Crippen molar-refractivity contribution in [3.05, 3.63) is 47.2 Å². The van der Waals surface area contributed by atoms with E-state index in [0.717, 1.165) is 4.90 Å². The Balaban J connectivity index is 2.06. The summed E-state index contributed by atoms with van der Waals surface area (Å²) in [7, 11) is 5.95. The number of amides is 3. The van der Waals surface area contributed by atoms with E-state index in [1.807, 2.05) is 0 Å². The third kappa shape index (κ3) is 3.96. The molecule has 0 N–H and O–H groups in total. The molecular weight excluding hydrogens is 404 g/mol. The lowest BCUT2D eigenvalue weighted by Crippen LogP contribution is -2.53. The molecule has 3 amide bonds. The van der Waals surface area contributed by atoms with E-state index in [-0.39, 0.29) is 24.4 Å². The molecule has 0 fully saturated rings. The van der Waals surface area contributed by atoms with Gasteiger partial charge in [0.05, 0.1) is 27.9 Å². The Hall–Kier alpha value is -3.46. The summed E-state index contributed by atoms with van der Waals surface area (Å²) >= 11 is 0. The SMILES string of the molecule is CCN1C(=O)C2=CC(OC)C(OC)=CC2=[N+](CC(=O)c2ccc(OC)c(OC)c2)C1=O. The number of hydrogen-bond donors (Lipinski definition) is 0. The molecule has 0 radical (unpaired) electrons. The first-order chi connectivity index (χ1) is 14.9. The van der Waals surface area contributed by atoms with E-state index in [4.69, 9.17) is 18.9 Å². The average molecular weight is 429 g/mol. The van der Waals surface area contributed by atoms with Crippen LogP contribution in [0.4, 0.5) is 4.79 Å². The molecule has 0 saturated carbocycles. The van der Waals surface area contributed by atoms with Gasteiger partial charge in [-0.05, 0) is 31.2 Å². The second-order valence-corrected chi connectivity index (χ2v) is 6.78. The molecule has 0 saturated heterocycles. The zero-order valence-electron chi connectivity index (χ0n) is 18.1. The lowest BCUT2D eigenvalue weighted by atomic mass is 9.96. The summed E-state index contributed by atoms with van der Waals surface area (Å²) in [4.78, 5) is 40.0. The van der Waals surface area contributed by atoms with Gasteiger partial charge in [-0.1, -0.05) is 0 Å². The Kier molecular flexibility index (Phi) is 6.55. The number of methoxy groups -OCH3 is 4. The molecule has 1 aliphatic carbocycles. The molecule has 31 heavy (non-hydrogen) atoms. The number of ether oxygens (including phenoxy) is 4. The maximum absolute atomic E-state index is 13.0. The van der Waals surface area contributed by atoms with E-state index in [1.165, 1.54) is 33.0 Å². The normalized spacial score (nSPS) is 18.4. The van der Waals surface area contributed by atoms with Crippen molar-refractivity contribution in [1.82, 2.24) is 4.90 Å². The second kappa shape index (κ2) is 9.13. The molecule has 1 aliphatic heterocycles. The average Bonchev–Trinajstić information content (AvgIpc) is 2.80. The summed E-state index contributed by atoms with van der Waals surface area (Å²) in [6.45, 7) is 1.60. The maximum Gasteiger partial charge on any atom is 0.501 e. The number of imide groups is 1. The van der Waals surface area contributed by atoms with Crippen molar-refractivity contribution in [2.24, 2.45) is 0 Å². The third-order valence-corrected chi connectivity index (χ3v) is 5.19. The highest BCUT2D eigenvalue weighted by molar-refractivity contribution is 6.29. The number of nitrogens with zero attached hydrogens (tertiary/aromatic N) is 2. The van der Waals surface area contributed by atoms with Gasteiger partial charge in [0.1, 0.15) is 23.1 Å². The summed E-state index contributed by atoms with van der Waals surface area (Å²) in [5.41, 5.74) is 0.936. The summed E-state index contributed by atoms with van der Waals surface area (Å²) in [5.74, 6) is 0.550. The van der Waals surface area contributed by atoms with Crippen molar-refractivity contribution in [1.29, 1.82) is 0 Å². The first-order valence-corrected chi connectivity index (χ1v) is 9.66. The van der Waals surface area contributed by atoms with Crippen LogP contribution in [0.1, 0.15) is 17.3 Å². The van der Waals surface area contributed by atoms with Crippen LogP contribution in [0.2, 0.25) is 0 Å². The van der Waals surface area contributed by atoms with Crippen LogP contribution in [0.25, 0.3) is 0 Å². The molecule has 0 bridgehead atoms. The molecule has 3 rings (SSSR count). The maximum atomic E-state index is 13.0. The Labute approximate surface area is 180 Å². The molecule has 1 aromatic rings. The fourth-order valence-electron chi connectivity index (χ4n) is 3.53. The number of urea groups is 1. The summed E-state index contributed by atoms with van der Waals surface area (Å²) in [5, 5.41) is 0. The zero-order chi connectivity index (χ0) is 22.7. The third-order valence-electron chi connectivity index (χ3n) is 5.19. The van der Waals surface area contributed by atoms with Crippen LogP contribution in [0, 0.1) is 0 Å². The minimum atomic E-state index is -0.573. The van der Waals surface area contributed by atoms with Crippen molar-refractivity contribution in [2.45, 2.75) is 13.0 Å². The van der Waals surface area contributed by atoms with Gasteiger partial charge in [0, 0.05) is 18.7 Å². The predicted molar refractivity (Wildman–Crippen MR) is 111 cm³/mol. The molecule has 0 spiro atoms. The molecule has 9 nitrogen and oxygen atoms in total. The topological polar surface area (TPSA) is 94.4 Å². The highest BCUT2D eigenvalue weighted by Gasteiger charge is 2.46. The minimum Gasteiger partial charge on any atom is -0.498 e. The quantitative estimate of drug-likeness (QED) is 0.459. The second-order valence-electron chi connectivity index (χ2n) is 6.78. The van der Waals surface area contributed by atoms with Gasteiger partial charge < -0.3 is 18.9 Å². The predicted octanol–water partition coefficient (Wildman–Crippen LogP) is 1.81. The molecular formula is C22H25N2O7+. The molecule has 1 atom stereocenters. The van der Waals surface area contributed by atoms with Crippen LogP contribution in [0.15, 0.2) is 41.7 Å². The molecule has 2 aliphatic rings. The molecule has 1 aromatic carbocycles. The minimum absolute atomic E-state index is 0.168. The number of benzene rings is 1. The van der Waals surface area contributed by atoms with E-state index < -0.39 is 18.0 Å². The zero-order valence-corrected chi connectivity index (χ0v) is 18.1. The monoisotopic (exact) mass is 429 g/mol. The lowest BCUT2D eigenvalue weighted by Gasteiger charge is -2.27. The highest BCUT2D eigenvalue weighted by Crippen LogP contribution is 2.28. The van der Waals surface area contributed by atoms with E-state index in [9.17, 15) is 14.4 Å². The van der Waals surface area contributed by atoms with Crippen LogP contribution >= 0.6 is 0 Å². The molecule has 9 heteroatoms. The van der Waals surface area contributed by atoms with Gasteiger partial charge in [-0.15, -0.1) is 0 Å². The van der Waals surface area contributed by atoms with Crippen molar-refractivity contribution in [2.75, 3.05) is 41.5 Å². The lowest BCUT2D eigenvalue weighted by molar-refractivity contribution is -0.421. The van der Waals surface area contributed by atoms with Crippen molar-refractivity contribution >= 4 is 23.4 Å². The van der Waals surface area contributed by atoms with Crippen molar-refractivity contribution in [3.8, 4) is 11.5 Å². The summed E-state index contributed by atoms with van der Waals surface area (Å²) < 4.78 is 22.5. The number of allylic oxidation sites excluding steroid dienone is 1. The fraction of sp³-hybridized carbons (Fsp3) is 0.364. The van der Waals surface area contributed by atoms with E-state index in [0.29, 0.717) is 28.5 Å². The fourth-order valence-corrected chi connectivity index (χ4v) is 3.53. The smallest absolute Gasteiger partial charge is 0.498 e. The number of carbonyl (C=O) groups is 3. The van der Waals surface area contributed by atoms with Crippen LogP contribution in [0.3, 0.4) is 0 Å². The van der Waals surface area contributed by atoms with Crippen LogP contribution in [-0.4, -0.2) is 80.5 Å². The number of hydrogen-bond acceptors (Lipinski definition) is 7. The summed E-state index contributed by atoms with van der Waals surface area (Å²) in [6.07, 6.45) is 2.59. The molecule has 0 aromatic heterocycles. The van der Waals surface area contributed by atoms with Gasteiger partial charge in [-0.2, -0.15) is 14.3 Å². The number of likely N-dealkylation sites (N-methyl/N-ethyl adjacent to an activating group) is 1. The van der Waals surface area contributed by atoms with Gasteiger partial charge in [0.25, 0.3) is 0 Å². The standard InChI is InChI=1S/C22H25N2O7/c1-6-23-21(26)14-10-19(30-4)20(31-5)11-15(14)24(22(23)27)12-16(25)13-7-8-17(28-2)18(9-13)29-3/h7-11,19H,6,12H2,1-5H3/q+1. The molecule has 164 valence electrons. The summed E-state index contributed by atoms with van der Waals surface area (Å²) in [6, 6.07) is 4.20. The van der Waals surface area contributed by atoms with E-state index in [2.05, 4.69) is 0 Å². The number of carbonyl (C=O) groups excluding carboxylic acids is 3. The number of fused-ring (bicyclic) bond motifs is 1. The number of ketones is 1. The van der Waals surface area contributed by atoms with Gasteiger partial charge in [-0.3, -0.25) is 4.79 Å². The number of rotatable bonds is 8. The Bertz CT molecular complexity index is 1020. The van der Waals surface area contributed by atoms with Crippen LogP contribution in [0.5, 0.6) is 11.5 Å². The molecule has 1 unspecified atom stereocenters. The van der Waals surface area contributed by atoms with E-state index >= 15 is 0 Å². The Morgan fingerprint density at radius 2 is 1.77 bits per heavy atom. The first-order valence-electron chi connectivity index (χ1n) is 9.66. The Morgan fingerprint density at radius 1 is 1.06 bits per heavy atom. The van der Waals surface area contributed by atoms with Crippen LogP contribution < -0.4 is 9.47 Å². The molecule has 1 heterocycles. The first kappa shape index (κ1) is 22.2. The Morgan fingerprint density at radius 3 is 2.35 bits per heavy atom. The van der Waals surface area contributed by atoms with Crippen molar-refractivity contribution in [3.63, 3.8) is 0 Å². The van der Waals surface area contributed by atoms with Gasteiger partial charge in [-0.25, -0.2) is 4.79 Å². The van der Waals surface area contributed by atoms with Gasteiger partial charge in [0.2, 0.25) is 5.78 Å².